The molecule has 4 heteroatoms. The Morgan fingerprint density at radius 3 is 2.54 bits per heavy atom. The highest BCUT2D eigenvalue weighted by molar-refractivity contribution is 5.87. The van der Waals surface area contributed by atoms with Gasteiger partial charge in [-0.15, -0.1) is 0 Å². The van der Waals surface area contributed by atoms with Gasteiger partial charge in [-0.25, -0.2) is 0 Å². The van der Waals surface area contributed by atoms with Crippen LogP contribution < -0.4 is 5.32 Å². The van der Waals surface area contributed by atoms with Gasteiger partial charge in [0, 0.05) is 30.6 Å². The fraction of sp³-hybridized carbons (Fsp3) is 0.333. The van der Waals surface area contributed by atoms with E-state index in [1.54, 1.807) is 0 Å². The van der Waals surface area contributed by atoms with Crippen molar-refractivity contribution in [3.8, 4) is 0 Å². The Bertz CT molecular complexity index is 993. The van der Waals surface area contributed by atoms with Crippen molar-refractivity contribution in [1.29, 1.82) is 0 Å². The molecule has 2 aliphatic heterocycles. The van der Waals surface area contributed by atoms with Crippen molar-refractivity contribution in [1.82, 2.24) is 15.2 Å². The molecule has 3 heterocycles. The minimum absolute atomic E-state index is 0.00472. The second kappa shape index (κ2) is 7.02. The van der Waals surface area contributed by atoms with E-state index in [2.05, 4.69) is 46.6 Å². The number of piperidine rings is 1. The van der Waals surface area contributed by atoms with E-state index in [0.717, 1.165) is 55.7 Å². The zero-order chi connectivity index (χ0) is 19.0. The van der Waals surface area contributed by atoms with Crippen LogP contribution in [0.3, 0.4) is 0 Å². The summed E-state index contributed by atoms with van der Waals surface area (Å²) in [5, 5.41) is 4.53. The van der Waals surface area contributed by atoms with E-state index in [9.17, 15) is 4.79 Å². The molecule has 3 aromatic rings. The first-order valence-corrected chi connectivity index (χ1v) is 10.1. The summed E-state index contributed by atoms with van der Waals surface area (Å²) in [6.45, 7) is 2.86. The average molecular weight is 371 g/mol. The van der Waals surface area contributed by atoms with Crippen molar-refractivity contribution in [3.63, 3.8) is 0 Å². The fourth-order valence-electron chi connectivity index (χ4n) is 4.73. The van der Waals surface area contributed by atoms with Crippen molar-refractivity contribution in [3.05, 3.63) is 78.0 Å². The van der Waals surface area contributed by atoms with Crippen molar-refractivity contribution >= 4 is 16.8 Å². The van der Waals surface area contributed by atoms with Gasteiger partial charge < -0.3 is 5.32 Å². The van der Waals surface area contributed by atoms with Crippen LogP contribution >= 0.6 is 0 Å². The molecule has 28 heavy (non-hydrogen) atoms. The van der Waals surface area contributed by atoms with Crippen LogP contribution in [0.5, 0.6) is 0 Å². The lowest BCUT2D eigenvalue weighted by molar-refractivity contribution is -0.121. The van der Waals surface area contributed by atoms with Gasteiger partial charge in [-0.1, -0.05) is 54.6 Å². The van der Waals surface area contributed by atoms with Gasteiger partial charge in [-0.3, -0.25) is 14.7 Å². The number of amides is 1. The van der Waals surface area contributed by atoms with E-state index >= 15 is 0 Å². The molecule has 0 aliphatic carbocycles. The summed E-state index contributed by atoms with van der Waals surface area (Å²) in [7, 11) is 0. The molecular weight excluding hydrogens is 346 g/mol. The monoisotopic (exact) mass is 371 g/mol. The third-order valence-corrected chi connectivity index (χ3v) is 6.36. The molecule has 2 aliphatic rings. The second-order valence-electron chi connectivity index (χ2n) is 8.21. The molecule has 0 saturated carbocycles. The van der Waals surface area contributed by atoms with Gasteiger partial charge in [-0.2, -0.15) is 0 Å². The minimum atomic E-state index is -0.0368. The van der Waals surface area contributed by atoms with E-state index in [-0.39, 0.29) is 17.4 Å². The number of pyridine rings is 1. The number of aromatic nitrogens is 1. The van der Waals surface area contributed by atoms with Crippen LogP contribution in [0.25, 0.3) is 10.9 Å². The SMILES string of the molecule is O=C1NC2(CCN(Cc3ccc4ccccc4n3)CC2)C[C@@H]1c1ccccc1. The highest BCUT2D eigenvalue weighted by Gasteiger charge is 2.46. The summed E-state index contributed by atoms with van der Waals surface area (Å²) in [6.07, 6.45) is 2.93. The zero-order valence-corrected chi connectivity index (χ0v) is 16.0. The van der Waals surface area contributed by atoms with Crippen LogP contribution in [0.1, 0.15) is 36.4 Å². The van der Waals surface area contributed by atoms with Crippen molar-refractivity contribution in [2.45, 2.75) is 37.3 Å². The van der Waals surface area contributed by atoms with E-state index < -0.39 is 0 Å². The van der Waals surface area contributed by atoms with Crippen LogP contribution in [0, 0.1) is 0 Å². The number of nitrogens with zero attached hydrogens (tertiary/aromatic N) is 2. The maximum Gasteiger partial charge on any atom is 0.228 e. The zero-order valence-electron chi connectivity index (χ0n) is 16.0. The smallest absolute Gasteiger partial charge is 0.228 e. The van der Waals surface area contributed by atoms with Crippen LogP contribution in [0.15, 0.2) is 66.7 Å². The first-order chi connectivity index (χ1) is 13.7. The lowest BCUT2D eigenvalue weighted by atomic mass is 9.82. The highest BCUT2D eigenvalue weighted by Crippen LogP contribution is 2.39. The summed E-state index contributed by atoms with van der Waals surface area (Å²) >= 11 is 0. The van der Waals surface area contributed by atoms with E-state index in [1.807, 2.05) is 30.3 Å². The van der Waals surface area contributed by atoms with Gasteiger partial charge in [0.15, 0.2) is 0 Å². The summed E-state index contributed by atoms with van der Waals surface area (Å²) < 4.78 is 0. The Balaban J connectivity index is 1.24. The fourth-order valence-corrected chi connectivity index (χ4v) is 4.73. The number of benzene rings is 2. The van der Waals surface area contributed by atoms with Gasteiger partial charge in [-0.05, 0) is 37.0 Å². The molecule has 1 N–H and O–H groups in total. The Kier molecular flexibility index (Phi) is 4.36. The molecule has 1 spiro atoms. The molecule has 0 radical (unpaired) electrons. The number of rotatable bonds is 3. The normalized spacial score (nSPS) is 21.9. The van der Waals surface area contributed by atoms with Crippen LogP contribution in [-0.2, 0) is 11.3 Å². The van der Waals surface area contributed by atoms with Crippen LogP contribution in [0.2, 0.25) is 0 Å². The molecular formula is C24H25N3O. The minimum Gasteiger partial charge on any atom is -0.350 e. The predicted molar refractivity (Wildman–Crippen MR) is 111 cm³/mol. The largest absolute Gasteiger partial charge is 0.350 e. The molecule has 1 aromatic heterocycles. The average Bonchev–Trinajstić information content (AvgIpc) is 3.06. The highest BCUT2D eigenvalue weighted by atomic mass is 16.2. The molecule has 2 saturated heterocycles. The number of carbonyl (C=O) groups excluding carboxylic acids is 1. The van der Waals surface area contributed by atoms with Gasteiger partial charge >= 0.3 is 0 Å². The lowest BCUT2D eigenvalue weighted by Gasteiger charge is -2.39. The van der Waals surface area contributed by atoms with Crippen molar-refractivity contribution < 1.29 is 4.79 Å². The Labute approximate surface area is 165 Å². The summed E-state index contributed by atoms with van der Waals surface area (Å²) in [6, 6.07) is 22.7. The standard InChI is InChI=1S/C24H25N3O/c28-23-21(18-6-2-1-3-7-18)16-24(26-23)12-14-27(15-13-24)17-20-11-10-19-8-4-5-9-22(19)25-20/h1-11,21H,12-17H2,(H,26,28)/t21-/m1/s1. The lowest BCUT2D eigenvalue weighted by Crippen LogP contribution is -2.50. The van der Waals surface area contributed by atoms with E-state index in [4.69, 9.17) is 4.98 Å². The molecule has 1 amide bonds. The maximum absolute atomic E-state index is 12.6. The maximum atomic E-state index is 12.6. The Morgan fingerprint density at radius 2 is 1.71 bits per heavy atom. The number of carbonyl (C=O) groups is 1. The molecule has 0 unspecified atom stereocenters. The van der Waals surface area contributed by atoms with Crippen molar-refractivity contribution in [2.75, 3.05) is 13.1 Å². The Morgan fingerprint density at radius 1 is 0.964 bits per heavy atom. The topological polar surface area (TPSA) is 45.2 Å². The second-order valence-corrected chi connectivity index (χ2v) is 8.21. The first kappa shape index (κ1) is 17.4. The number of para-hydroxylation sites is 1. The molecule has 5 rings (SSSR count). The Hall–Kier alpha value is -2.72. The van der Waals surface area contributed by atoms with Gasteiger partial charge in [0.05, 0.1) is 17.1 Å². The number of likely N-dealkylation sites (tertiary alicyclic amines) is 1. The van der Waals surface area contributed by atoms with Gasteiger partial charge in [0.2, 0.25) is 5.91 Å². The van der Waals surface area contributed by atoms with Gasteiger partial charge in [0.1, 0.15) is 0 Å². The van der Waals surface area contributed by atoms with Crippen LogP contribution in [0.4, 0.5) is 0 Å². The van der Waals surface area contributed by atoms with E-state index in [1.165, 1.54) is 5.39 Å². The molecule has 2 aromatic carbocycles. The number of hydrogen-bond acceptors (Lipinski definition) is 3. The van der Waals surface area contributed by atoms with E-state index in [0.29, 0.717) is 0 Å². The number of nitrogens with one attached hydrogen (secondary N) is 1. The molecule has 1 atom stereocenters. The number of hydrogen-bond donors (Lipinski definition) is 1. The summed E-state index contributed by atoms with van der Waals surface area (Å²) in [4.78, 5) is 19.9. The van der Waals surface area contributed by atoms with Crippen molar-refractivity contribution in [2.24, 2.45) is 0 Å². The van der Waals surface area contributed by atoms with Gasteiger partial charge in [0.25, 0.3) is 0 Å². The third-order valence-electron chi connectivity index (χ3n) is 6.36. The molecule has 2 fully saturated rings. The molecule has 4 nitrogen and oxygen atoms in total. The van der Waals surface area contributed by atoms with Crippen LogP contribution in [-0.4, -0.2) is 34.4 Å². The predicted octanol–water partition coefficient (Wildman–Crippen LogP) is 3.87. The summed E-state index contributed by atoms with van der Waals surface area (Å²) in [5.74, 6) is 0.186. The quantitative estimate of drug-likeness (QED) is 0.760. The molecule has 0 bridgehead atoms. The molecule has 142 valence electrons. The first-order valence-electron chi connectivity index (χ1n) is 10.1. The third kappa shape index (κ3) is 3.29. The number of fused-ring (bicyclic) bond motifs is 1. The summed E-state index contributed by atoms with van der Waals surface area (Å²) in [5.41, 5.74) is 3.28.